The van der Waals surface area contributed by atoms with Gasteiger partial charge in [-0.1, -0.05) is 36.4 Å². The van der Waals surface area contributed by atoms with E-state index in [2.05, 4.69) is 41.7 Å². The molecular formula is C18H16N4. The first-order valence-corrected chi connectivity index (χ1v) is 6.97. The van der Waals surface area contributed by atoms with Gasteiger partial charge < -0.3 is 0 Å². The first-order valence-electron chi connectivity index (χ1n) is 6.97. The topological polar surface area (TPSA) is 53.5 Å². The molecule has 2 aromatic heterocycles. The van der Waals surface area contributed by atoms with Gasteiger partial charge >= 0.3 is 0 Å². The Hall–Kier alpha value is -3.01. The van der Waals surface area contributed by atoms with Crippen molar-refractivity contribution in [2.24, 2.45) is 4.99 Å². The third-order valence-corrected chi connectivity index (χ3v) is 3.41. The van der Waals surface area contributed by atoms with Gasteiger partial charge in [0.2, 0.25) is 0 Å². The maximum atomic E-state index is 7.92. The number of imidazole rings is 1. The minimum atomic E-state index is 0.197. The number of hydrogen-bond acceptors (Lipinski definition) is 2. The molecule has 1 aromatic carbocycles. The average Bonchev–Trinajstić information content (AvgIpc) is 2.95. The van der Waals surface area contributed by atoms with Crippen molar-refractivity contribution in [3.63, 3.8) is 0 Å². The fourth-order valence-corrected chi connectivity index (χ4v) is 2.35. The lowest BCUT2D eigenvalue weighted by Crippen LogP contribution is -1.97. The summed E-state index contributed by atoms with van der Waals surface area (Å²) in [6, 6.07) is 12.1. The summed E-state index contributed by atoms with van der Waals surface area (Å²) in [6.07, 6.45) is 6.84. The van der Waals surface area contributed by atoms with Gasteiger partial charge in [0.15, 0.2) is 5.84 Å². The van der Waals surface area contributed by atoms with Gasteiger partial charge in [0, 0.05) is 23.5 Å². The zero-order valence-electron chi connectivity index (χ0n) is 12.3. The molecule has 0 aliphatic heterocycles. The molecule has 0 aliphatic carbocycles. The van der Waals surface area contributed by atoms with Gasteiger partial charge in [-0.25, -0.2) is 9.98 Å². The van der Waals surface area contributed by atoms with E-state index in [1.54, 1.807) is 6.08 Å². The number of hydrogen-bond donors (Lipinski definition) is 1. The van der Waals surface area contributed by atoms with E-state index in [-0.39, 0.29) is 5.84 Å². The van der Waals surface area contributed by atoms with Crippen molar-refractivity contribution in [2.45, 2.75) is 6.92 Å². The molecule has 0 aliphatic rings. The van der Waals surface area contributed by atoms with E-state index >= 15 is 0 Å². The van der Waals surface area contributed by atoms with Crippen LogP contribution < -0.4 is 0 Å². The second-order valence-electron chi connectivity index (χ2n) is 5.02. The molecule has 3 rings (SSSR count). The van der Waals surface area contributed by atoms with Crippen LogP contribution in [0.25, 0.3) is 16.9 Å². The summed E-state index contributed by atoms with van der Waals surface area (Å²) in [4.78, 5) is 8.44. The Kier molecular flexibility index (Phi) is 3.66. The number of nitrogens with one attached hydrogen (secondary N) is 1. The van der Waals surface area contributed by atoms with Crippen LogP contribution in [0.5, 0.6) is 0 Å². The van der Waals surface area contributed by atoms with Crippen molar-refractivity contribution in [3.05, 3.63) is 72.6 Å². The van der Waals surface area contributed by atoms with E-state index in [0.717, 1.165) is 22.5 Å². The molecule has 0 unspecified atom stereocenters. The maximum absolute atomic E-state index is 7.92. The van der Waals surface area contributed by atoms with Crippen molar-refractivity contribution in [2.75, 3.05) is 0 Å². The standard InChI is InChI=1S/C18H16N4/c1-3-8-20-18(19)15-7-9-22-16(12-21-17(22)11-15)14-6-4-5-13(2)10-14/h3-12,19H,1H2,2H3. The first kappa shape index (κ1) is 13.9. The summed E-state index contributed by atoms with van der Waals surface area (Å²) < 4.78 is 2.02. The van der Waals surface area contributed by atoms with Crippen LogP contribution in [0, 0.1) is 12.3 Å². The third kappa shape index (κ3) is 2.59. The fraction of sp³-hybridized carbons (Fsp3) is 0.0556. The molecule has 0 atom stereocenters. The van der Waals surface area contributed by atoms with Crippen LogP contribution in [-0.4, -0.2) is 21.4 Å². The smallest absolute Gasteiger partial charge is 0.151 e. The van der Waals surface area contributed by atoms with Crippen molar-refractivity contribution < 1.29 is 0 Å². The Morgan fingerprint density at radius 2 is 2.18 bits per heavy atom. The molecule has 4 heteroatoms. The largest absolute Gasteiger partial charge is 0.300 e. The Labute approximate surface area is 129 Å². The number of amidine groups is 1. The van der Waals surface area contributed by atoms with E-state index in [4.69, 9.17) is 5.41 Å². The average molecular weight is 288 g/mol. The lowest BCUT2D eigenvalue weighted by Gasteiger charge is -2.04. The van der Waals surface area contributed by atoms with Crippen molar-refractivity contribution in [1.29, 1.82) is 5.41 Å². The highest BCUT2D eigenvalue weighted by Crippen LogP contribution is 2.22. The van der Waals surface area contributed by atoms with E-state index < -0.39 is 0 Å². The molecule has 0 saturated heterocycles. The zero-order chi connectivity index (χ0) is 15.5. The van der Waals surface area contributed by atoms with Crippen LogP contribution in [0.4, 0.5) is 0 Å². The molecule has 0 saturated carbocycles. The molecular weight excluding hydrogens is 272 g/mol. The van der Waals surface area contributed by atoms with E-state index in [0.29, 0.717) is 0 Å². The number of aromatic nitrogens is 2. The highest BCUT2D eigenvalue weighted by atomic mass is 15.0. The van der Waals surface area contributed by atoms with Crippen LogP contribution in [0.3, 0.4) is 0 Å². The Morgan fingerprint density at radius 1 is 1.32 bits per heavy atom. The molecule has 4 nitrogen and oxygen atoms in total. The van der Waals surface area contributed by atoms with Crippen LogP contribution in [0.15, 0.2) is 66.4 Å². The van der Waals surface area contributed by atoms with Gasteiger partial charge in [0.05, 0.1) is 11.9 Å². The quantitative estimate of drug-likeness (QED) is 0.577. The number of pyridine rings is 1. The number of aliphatic imine (C=N–C) groups is 1. The number of aryl methyl sites for hydroxylation is 1. The molecule has 1 N–H and O–H groups in total. The highest BCUT2D eigenvalue weighted by molar-refractivity contribution is 6.02. The highest BCUT2D eigenvalue weighted by Gasteiger charge is 2.08. The van der Waals surface area contributed by atoms with Gasteiger partial charge in [-0.2, -0.15) is 0 Å². The molecule has 2 heterocycles. The second-order valence-corrected chi connectivity index (χ2v) is 5.02. The summed E-state index contributed by atoms with van der Waals surface area (Å²) in [5, 5.41) is 7.92. The van der Waals surface area contributed by atoms with Gasteiger partial charge in [-0.05, 0) is 25.1 Å². The summed E-state index contributed by atoms with van der Waals surface area (Å²) in [5.41, 5.74) is 4.90. The molecule has 0 spiro atoms. The first-order chi connectivity index (χ1) is 10.7. The van der Waals surface area contributed by atoms with Gasteiger partial charge in [0.1, 0.15) is 5.65 Å². The van der Waals surface area contributed by atoms with Crippen LogP contribution >= 0.6 is 0 Å². The van der Waals surface area contributed by atoms with E-state index in [1.165, 1.54) is 11.8 Å². The summed E-state index contributed by atoms with van der Waals surface area (Å²) in [6.45, 7) is 5.63. The van der Waals surface area contributed by atoms with Gasteiger partial charge in [-0.3, -0.25) is 9.81 Å². The lowest BCUT2D eigenvalue weighted by molar-refractivity contribution is 1.18. The van der Waals surface area contributed by atoms with Crippen LogP contribution in [0.1, 0.15) is 11.1 Å². The SMILES string of the molecule is C=CC=NC(=N)c1ccn2c(-c3cccc(C)c3)cnc2c1. The fourth-order valence-electron chi connectivity index (χ4n) is 2.35. The van der Waals surface area contributed by atoms with Crippen LogP contribution in [-0.2, 0) is 0 Å². The third-order valence-electron chi connectivity index (χ3n) is 3.41. The van der Waals surface area contributed by atoms with E-state index in [1.807, 2.05) is 35.0 Å². The Bertz CT molecular complexity index is 887. The zero-order valence-corrected chi connectivity index (χ0v) is 12.3. The Balaban J connectivity index is 2.05. The van der Waals surface area contributed by atoms with Crippen molar-refractivity contribution >= 4 is 17.7 Å². The molecule has 0 fully saturated rings. The number of allylic oxidation sites excluding steroid dienone is 1. The Morgan fingerprint density at radius 3 is 2.95 bits per heavy atom. The van der Waals surface area contributed by atoms with Gasteiger partial charge in [0.25, 0.3) is 0 Å². The number of nitrogens with zero attached hydrogens (tertiary/aromatic N) is 3. The molecule has 0 bridgehead atoms. The predicted octanol–water partition coefficient (Wildman–Crippen LogP) is 3.89. The summed E-state index contributed by atoms with van der Waals surface area (Å²) in [7, 11) is 0. The second kappa shape index (κ2) is 5.77. The number of fused-ring (bicyclic) bond motifs is 1. The summed E-state index contributed by atoms with van der Waals surface area (Å²) in [5.74, 6) is 0.197. The molecule has 0 radical (unpaired) electrons. The van der Waals surface area contributed by atoms with Crippen LogP contribution in [0.2, 0.25) is 0 Å². The molecule has 0 amide bonds. The van der Waals surface area contributed by atoms with E-state index in [9.17, 15) is 0 Å². The predicted molar refractivity (Wildman–Crippen MR) is 90.9 cm³/mol. The number of rotatable bonds is 3. The lowest BCUT2D eigenvalue weighted by atomic mass is 10.1. The minimum absolute atomic E-state index is 0.197. The number of benzene rings is 1. The minimum Gasteiger partial charge on any atom is -0.300 e. The maximum Gasteiger partial charge on any atom is 0.151 e. The van der Waals surface area contributed by atoms with Crippen molar-refractivity contribution in [1.82, 2.24) is 9.38 Å². The molecule has 3 aromatic rings. The monoisotopic (exact) mass is 288 g/mol. The van der Waals surface area contributed by atoms with Crippen molar-refractivity contribution in [3.8, 4) is 11.3 Å². The molecule has 22 heavy (non-hydrogen) atoms. The molecule has 108 valence electrons. The summed E-state index contributed by atoms with van der Waals surface area (Å²) >= 11 is 0. The van der Waals surface area contributed by atoms with Gasteiger partial charge in [-0.15, -0.1) is 0 Å². The normalized spacial score (nSPS) is 11.1.